The Hall–Kier alpha value is -2.29. The van der Waals surface area contributed by atoms with Crippen LogP contribution in [0.25, 0.3) is 0 Å². The van der Waals surface area contributed by atoms with Crippen LogP contribution in [0.1, 0.15) is 32.1 Å². The maximum atomic E-state index is 12.1. The fourth-order valence-electron chi connectivity index (χ4n) is 3.15. The minimum atomic E-state index is -4.76. The van der Waals surface area contributed by atoms with E-state index in [1.165, 1.54) is 19.2 Å². The highest BCUT2D eigenvalue weighted by atomic mass is 19.4. The first kappa shape index (κ1) is 21.0. The highest BCUT2D eigenvalue weighted by Crippen LogP contribution is 2.25. The number of amides is 1. The lowest BCUT2D eigenvalue weighted by molar-refractivity contribution is -0.274. The molecule has 1 aliphatic rings. The molecule has 0 spiro atoms. The molecule has 2 N–H and O–H groups in total. The van der Waals surface area contributed by atoms with E-state index in [0.29, 0.717) is 12.1 Å². The lowest BCUT2D eigenvalue weighted by atomic mass is 9.95. The highest BCUT2D eigenvalue weighted by Gasteiger charge is 2.31. The van der Waals surface area contributed by atoms with Crippen LogP contribution in [0.2, 0.25) is 0 Å². The number of anilines is 1. The number of hydrogen-bond acceptors (Lipinski definition) is 5. The molecule has 0 heterocycles. The van der Waals surface area contributed by atoms with Crippen molar-refractivity contribution in [2.24, 2.45) is 5.92 Å². The molecule has 0 bridgehead atoms. The van der Waals surface area contributed by atoms with E-state index in [2.05, 4.69) is 15.4 Å². The molecule has 0 aliphatic heterocycles. The van der Waals surface area contributed by atoms with E-state index in [0.717, 1.165) is 37.8 Å². The number of alkyl halides is 3. The van der Waals surface area contributed by atoms with Gasteiger partial charge in [-0.25, -0.2) is 0 Å². The summed E-state index contributed by atoms with van der Waals surface area (Å²) in [5.41, 5.74) is 0.349. The number of ether oxygens (including phenoxy) is 2. The van der Waals surface area contributed by atoms with Crippen LogP contribution in [0, 0.1) is 5.92 Å². The van der Waals surface area contributed by atoms with Gasteiger partial charge < -0.3 is 20.1 Å². The summed E-state index contributed by atoms with van der Waals surface area (Å²) in [4.78, 5) is 24.0. The Labute approximate surface area is 155 Å². The molecule has 6 nitrogen and oxygen atoms in total. The van der Waals surface area contributed by atoms with Crippen LogP contribution < -0.4 is 15.4 Å². The summed E-state index contributed by atoms with van der Waals surface area (Å²) >= 11 is 0. The summed E-state index contributed by atoms with van der Waals surface area (Å²) in [7, 11) is 1.35. The molecule has 0 unspecified atom stereocenters. The third-order valence-electron chi connectivity index (χ3n) is 4.42. The molecular formula is C18H23F3N2O4. The van der Waals surface area contributed by atoms with Crippen molar-refractivity contribution in [3.8, 4) is 5.75 Å². The van der Waals surface area contributed by atoms with Gasteiger partial charge in [0.15, 0.2) is 0 Å². The summed E-state index contributed by atoms with van der Waals surface area (Å²) < 4.78 is 45.0. The number of hydrogen-bond donors (Lipinski definition) is 2. The molecule has 1 amide bonds. The van der Waals surface area contributed by atoms with Gasteiger partial charge in [-0.05, 0) is 37.1 Å². The average molecular weight is 388 g/mol. The fraction of sp³-hybridized carbons (Fsp3) is 0.556. The van der Waals surface area contributed by atoms with Crippen molar-refractivity contribution >= 4 is 17.6 Å². The summed E-state index contributed by atoms with van der Waals surface area (Å²) in [5, 5.41) is 5.69. The second-order valence-electron chi connectivity index (χ2n) is 6.38. The zero-order valence-electron chi connectivity index (χ0n) is 15.0. The maximum Gasteiger partial charge on any atom is 0.573 e. The molecular weight excluding hydrogens is 365 g/mol. The minimum Gasteiger partial charge on any atom is -0.469 e. The van der Waals surface area contributed by atoms with Gasteiger partial charge in [0.05, 0.1) is 19.6 Å². The predicted molar refractivity (Wildman–Crippen MR) is 92.1 cm³/mol. The van der Waals surface area contributed by atoms with Crippen molar-refractivity contribution in [1.29, 1.82) is 0 Å². The van der Waals surface area contributed by atoms with E-state index in [9.17, 15) is 22.8 Å². The Bertz CT molecular complexity index is 634. The second-order valence-corrected chi connectivity index (χ2v) is 6.38. The first-order valence-electron chi connectivity index (χ1n) is 8.75. The SMILES string of the molecule is COC(=O)[C@@H]1CCCCC[C@H]1NCC(=O)Nc1ccc(OC(F)(F)F)cc1. The second kappa shape index (κ2) is 9.59. The van der Waals surface area contributed by atoms with Crippen LogP contribution in [-0.4, -0.2) is 37.9 Å². The number of halogens is 3. The van der Waals surface area contributed by atoms with E-state index in [1.807, 2.05) is 0 Å². The van der Waals surface area contributed by atoms with Gasteiger partial charge in [-0.15, -0.1) is 13.2 Å². The third-order valence-corrected chi connectivity index (χ3v) is 4.42. The lowest BCUT2D eigenvalue weighted by Crippen LogP contribution is -2.43. The van der Waals surface area contributed by atoms with Crippen LogP contribution in [-0.2, 0) is 14.3 Å². The zero-order valence-corrected chi connectivity index (χ0v) is 15.0. The first-order chi connectivity index (χ1) is 12.8. The van der Waals surface area contributed by atoms with E-state index in [4.69, 9.17) is 4.74 Å². The lowest BCUT2D eigenvalue weighted by Gasteiger charge is -2.24. The van der Waals surface area contributed by atoms with Crippen molar-refractivity contribution < 1.29 is 32.2 Å². The maximum absolute atomic E-state index is 12.1. The molecule has 2 atom stereocenters. The smallest absolute Gasteiger partial charge is 0.469 e. The standard InChI is InChI=1S/C18H23F3N2O4/c1-26-17(25)14-5-3-2-4-6-15(14)22-11-16(24)23-12-7-9-13(10-8-12)27-18(19,20)21/h7-10,14-15,22H,2-6,11H2,1H3,(H,23,24)/t14-,15-/m1/s1. The van der Waals surface area contributed by atoms with Crippen molar-refractivity contribution in [3.63, 3.8) is 0 Å². The predicted octanol–water partition coefficient (Wildman–Crippen LogP) is 3.24. The molecule has 1 aliphatic carbocycles. The Balaban J connectivity index is 1.86. The number of rotatable bonds is 6. The van der Waals surface area contributed by atoms with Gasteiger partial charge in [0, 0.05) is 11.7 Å². The first-order valence-corrected chi connectivity index (χ1v) is 8.75. The molecule has 150 valence electrons. The van der Waals surface area contributed by atoms with Gasteiger partial charge in [-0.3, -0.25) is 9.59 Å². The van der Waals surface area contributed by atoms with Gasteiger partial charge in [-0.2, -0.15) is 0 Å². The Morgan fingerprint density at radius 3 is 2.41 bits per heavy atom. The molecule has 1 aromatic carbocycles. The number of benzene rings is 1. The third kappa shape index (κ3) is 7.09. The summed E-state index contributed by atoms with van der Waals surface area (Å²) in [5.74, 6) is -1.29. The summed E-state index contributed by atoms with van der Waals surface area (Å²) in [6, 6.07) is 4.74. The molecule has 9 heteroatoms. The largest absolute Gasteiger partial charge is 0.573 e. The number of carbonyl (C=O) groups excluding carboxylic acids is 2. The van der Waals surface area contributed by atoms with Crippen LogP contribution in [0.5, 0.6) is 5.75 Å². The van der Waals surface area contributed by atoms with E-state index >= 15 is 0 Å². The molecule has 2 rings (SSSR count). The quantitative estimate of drug-likeness (QED) is 0.578. The molecule has 0 saturated heterocycles. The van der Waals surface area contributed by atoms with E-state index < -0.39 is 6.36 Å². The van der Waals surface area contributed by atoms with Gasteiger partial charge in [0.25, 0.3) is 0 Å². The van der Waals surface area contributed by atoms with Crippen molar-refractivity contribution in [2.45, 2.75) is 44.5 Å². The van der Waals surface area contributed by atoms with Crippen LogP contribution in [0.15, 0.2) is 24.3 Å². The highest BCUT2D eigenvalue weighted by molar-refractivity contribution is 5.92. The van der Waals surface area contributed by atoms with Gasteiger partial charge in [-0.1, -0.05) is 19.3 Å². The normalized spacial score (nSPS) is 20.4. The number of esters is 1. The van der Waals surface area contributed by atoms with Crippen molar-refractivity contribution in [1.82, 2.24) is 5.32 Å². The van der Waals surface area contributed by atoms with Gasteiger partial charge >= 0.3 is 12.3 Å². The topological polar surface area (TPSA) is 76.7 Å². The minimum absolute atomic E-state index is 0.0149. The van der Waals surface area contributed by atoms with Crippen molar-refractivity contribution in [3.05, 3.63) is 24.3 Å². The molecule has 1 saturated carbocycles. The zero-order chi connectivity index (χ0) is 19.9. The number of carbonyl (C=O) groups is 2. The molecule has 1 aromatic rings. The molecule has 27 heavy (non-hydrogen) atoms. The van der Waals surface area contributed by atoms with E-state index in [1.54, 1.807) is 0 Å². The summed E-state index contributed by atoms with van der Waals surface area (Å²) in [6.07, 6.45) is -0.332. The molecule has 0 aromatic heterocycles. The Kier molecular flexibility index (Phi) is 7.46. The van der Waals surface area contributed by atoms with Crippen molar-refractivity contribution in [2.75, 3.05) is 19.0 Å². The monoisotopic (exact) mass is 388 g/mol. The van der Waals surface area contributed by atoms with E-state index in [-0.39, 0.29) is 36.1 Å². The fourth-order valence-corrected chi connectivity index (χ4v) is 3.15. The number of methoxy groups -OCH3 is 1. The Morgan fingerprint density at radius 2 is 1.78 bits per heavy atom. The van der Waals surface area contributed by atoms with Crippen LogP contribution >= 0.6 is 0 Å². The number of nitrogens with one attached hydrogen (secondary N) is 2. The van der Waals surface area contributed by atoms with Crippen LogP contribution in [0.4, 0.5) is 18.9 Å². The summed E-state index contributed by atoms with van der Waals surface area (Å²) in [6.45, 7) is -0.0149. The average Bonchev–Trinajstić information content (AvgIpc) is 2.85. The molecule has 0 radical (unpaired) electrons. The van der Waals surface area contributed by atoms with Gasteiger partial charge in [0.2, 0.25) is 5.91 Å². The molecule has 1 fully saturated rings. The van der Waals surface area contributed by atoms with Crippen LogP contribution in [0.3, 0.4) is 0 Å². The van der Waals surface area contributed by atoms with Gasteiger partial charge in [0.1, 0.15) is 5.75 Å². The Morgan fingerprint density at radius 1 is 1.11 bits per heavy atom.